The summed E-state index contributed by atoms with van der Waals surface area (Å²) < 4.78 is 4.65. The lowest BCUT2D eigenvalue weighted by Crippen LogP contribution is -2.38. The lowest BCUT2D eigenvalue weighted by molar-refractivity contribution is 0.547. The molecule has 7 heteroatoms. The minimum atomic E-state index is -0.352. The zero-order valence-corrected chi connectivity index (χ0v) is 16.1. The first-order valence-electron chi connectivity index (χ1n) is 9.48. The smallest absolute Gasteiger partial charge is 0.332 e. The minimum Gasteiger partial charge on any atom is -0.342 e. The van der Waals surface area contributed by atoms with Crippen molar-refractivity contribution in [3.05, 3.63) is 56.7 Å². The van der Waals surface area contributed by atoms with E-state index < -0.39 is 0 Å². The first-order chi connectivity index (χ1) is 13.0. The molecule has 0 saturated carbocycles. The molecule has 0 spiro atoms. The van der Waals surface area contributed by atoms with E-state index in [1.807, 2.05) is 22.8 Å². The Hall–Kier alpha value is -2.83. The summed E-state index contributed by atoms with van der Waals surface area (Å²) in [6, 6.07) is 10.0. The molecule has 0 radical (unpaired) electrons. The second-order valence-corrected chi connectivity index (χ2v) is 7.29. The van der Waals surface area contributed by atoms with Crippen LogP contribution in [0.1, 0.15) is 37.8 Å². The van der Waals surface area contributed by atoms with E-state index in [9.17, 15) is 9.59 Å². The number of anilines is 1. The van der Waals surface area contributed by atoms with Crippen LogP contribution in [-0.2, 0) is 14.1 Å². The summed E-state index contributed by atoms with van der Waals surface area (Å²) in [6.45, 7) is 3.91. The van der Waals surface area contributed by atoms with Crippen molar-refractivity contribution in [3.8, 4) is 0 Å². The van der Waals surface area contributed by atoms with Gasteiger partial charge in [0.25, 0.3) is 5.56 Å². The number of hydrogen-bond donors (Lipinski definition) is 0. The molecule has 4 rings (SSSR count). The Bertz CT molecular complexity index is 1090. The molecule has 1 aliphatic rings. The predicted molar refractivity (Wildman–Crippen MR) is 107 cm³/mol. The van der Waals surface area contributed by atoms with Crippen LogP contribution in [0.25, 0.3) is 11.2 Å². The molecule has 27 heavy (non-hydrogen) atoms. The molecule has 1 fully saturated rings. The molecular formula is C20H25N5O2. The summed E-state index contributed by atoms with van der Waals surface area (Å²) in [5.74, 6) is 0.777. The molecule has 0 amide bonds. The first kappa shape index (κ1) is 17.6. The summed E-state index contributed by atoms with van der Waals surface area (Å²) in [7, 11) is 3.20. The van der Waals surface area contributed by atoms with Gasteiger partial charge in [-0.1, -0.05) is 30.3 Å². The third-order valence-corrected chi connectivity index (χ3v) is 5.58. The van der Waals surface area contributed by atoms with Crippen LogP contribution in [0.4, 0.5) is 5.95 Å². The average molecular weight is 367 g/mol. The van der Waals surface area contributed by atoms with Crippen molar-refractivity contribution in [3.63, 3.8) is 0 Å². The van der Waals surface area contributed by atoms with E-state index in [0.29, 0.717) is 11.2 Å². The van der Waals surface area contributed by atoms with Gasteiger partial charge in [-0.2, -0.15) is 4.98 Å². The Labute approximate surface area is 157 Å². The maximum absolute atomic E-state index is 13.0. The van der Waals surface area contributed by atoms with Gasteiger partial charge in [0.1, 0.15) is 0 Å². The molecular weight excluding hydrogens is 342 g/mol. The van der Waals surface area contributed by atoms with E-state index in [1.54, 1.807) is 7.05 Å². The van der Waals surface area contributed by atoms with Gasteiger partial charge in [-0.15, -0.1) is 0 Å². The number of imidazole rings is 1. The number of benzene rings is 1. The lowest BCUT2D eigenvalue weighted by atomic mass is 10.1. The molecule has 1 saturated heterocycles. The molecule has 0 aliphatic carbocycles. The topological polar surface area (TPSA) is 65.1 Å². The molecule has 1 aromatic carbocycles. The van der Waals surface area contributed by atoms with Crippen LogP contribution < -0.4 is 16.1 Å². The largest absolute Gasteiger partial charge is 0.342 e. The molecule has 1 atom stereocenters. The Balaban J connectivity index is 2.04. The van der Waals surface area contributed by atoms with Gasteiger partial charge >= 0.3 is 5.69 Å². The number of fused-ring (bicyclic) bond motifs is 1. The minimum absolute atomic E-state index is 0.0710. The molecule has 142 valence electrons. The Morgan fingerprint density at radius 1 is 0.963 bits per heavy atom. The number of aromatic nitrogens is 4. The Morgan fingerprint density at radius 2 is 1.63 bits per heavy atom. The highest BCUT2D eigenvalue weighted by molar-refractivity contribution is 5.75. The molecule has 0 N–H and O–H groups in total. The second kappa shape index (κ2) is 6.72. The van der Waals surface area contributed by atoms with Crippen LogP contribution in [0.3, 0.4) is 0 Å². The molecule has 7 nitrogen and oxygen atoms in total. The van der Waals surface area contributed by atoms with Crippen molar-refractivity contribution in [1.29, 1.82) is 0 Å². The highest BCUT2D eigenvalue weighted by atomic mass is 16.2. The number of hydrogen-bond acceptors (Lipinski definition) is 4. The standard InChI is InChI=1S/C20H25N5O2/c1-14(15-10-6-4-7-11-15)25-16-17(22(2)20(27)23(3)18(16)26)21-19(25)24-12-8-5-9-13-24/h4,6-7,10-11,14H,5,8-9,12-13H2,1-3H3. The fourth-order valence-electron chi connectivity index (χ4n) is 3.97. The first-order valence-corrected chi connectivity index (χ1v) is 9.48. The van der Waals surface area contributed by atoms with Gasteiger partial charge in [0.05, 0.1) is 6.04 Å². The van der Waals surface area contributed by atoms with Crippen LogP contribution in [0, 0.1) is 0 Å². The number of nitrogens with zero attached hydrogens (tertiary/aromatic N) is 5. The maximum Gasteiger partial charge on any atom is 0.332 e. The fraction of sp³-hybridized carbons (Fsp3) is 0.450. The van der Waals surface area contributed by atoms with Crippen molar-refractivity contribution < 1.29 is 0 Å². The maximum atomic E-state index is 13.0. The number of piperidine rings is 1. The highest BCUT2D eigenvalue weighted by Crippen LogP contribution is 2.30. The summed E-state index contributed by atoms with van der Waals surface area (Å²) >= 11 is 0. The molecule has 0 bridgehead atoms. The van der Waals surface area contributed by atoms with Crippen molar-refractivity contribution in [2.75, 3.05) is 18.0 Å². The fourth-order valence-corrected chi connectivity index (χ4v) is 3.97. The van der Waals surface area contributed by atoms with Gasteiger partial charge in [0.2, 0.25) is 5.95 Å². The van der Waals surface area contributed by atoms with E-state index in [1.165, 1.54) is 18.0 Å². The van der Waals surface area contributed by atoms with Crippen LogP contribution >= 0.6 is 0 Å². The van der Waals surface area contributed by atoms with Gasteiger partial charge < -0.3 is 4.90 Å². The third-order valence-electron chi connectivity index (χ3n) is 5.58. The monoisotopic (exact) mass is 367 g/mol. The predicted octanol–water partition coefficient (Wildman–Crippen LogP) is 2.03. The van der Waals surface area contributed by atoms with E-state index >= 15 is 0 Å². The van der Waals surface area contributed by atoms with Gasteiger partial charge in [-0.05, 0) is 31.7 Å². The average Bonchev–Trinajstić information content (AvgIpc) is 3.12. The quantitative estimate of drug-likeness (QED) is 0.711. The number of rotatable bonds is 3. The molecule has 1 aliphatic heterocycles. The van der Waals surface area contributed by atoms with E-state index in [2.05, 4.69) is 24.0 Å². The molecule has 1 unspecified atom stereocenters. The Kier molecular flexibility index (Phi) is 4.37. The van der Waals surface area contributed by atoms with Crippen molar-refractivity contribution in [1.82, 2.24) is 18.7 Å². The zero-order valence-electron chi connectivity index (χ0n) is 16.1. The normalized spacial score (nSPS) is 16.0. The molecule has 2 aromatic heterocycles. The molecule has 3 aromatic rings. The highest BCUT2D eigenvalue weighted by Gasteiger charge is 2.26. The van der Waals surface area contributed by atoms with Crippen LogP contribution in [-0.4, -0.2) is 31.8 Å². The van der Waals surface area contributed by atoms with Gasteiger partial charge in [-0.25, -0.2) is 4.79 Å². The van der Waals surface area contributed by atoms with Gasteiger partial charge in [0, 0.05) is 27.2 Å². The summed E-state index contributed by atoms with van der Waals surface area (Å²) in [4.78, 5) is 32.5. The van der Waals surface area contributed by atoms with Crippen LogP contribution in [0.15, 0.2) is 39.9 Å². The van der Waals surface area contributed by atoms with E-state index in [4.69, 9.17) is 4.98 Å². The summed E-state index contributed by atoms with van der Waals surface area (Å²) in [5.41, 5.74) is 1.38. The van der Waals surface area contributed by atoms with Crippen molar-refractivity contribution >= 4 is 17.1 Å². The number of aryl methyl sites for hydroxylation is 1. The summed E-state index contributed by atoms with van der Waals surface area (Å²) in [6.07, 6.45) is 3.44. The van der Waals surface area contributed by atoms with E-state index in [0.717, 1.165) is 42.0 Å². The Morgan fingerprint density at radius 3 is 2.30 bits per heavy atom. The summed E-state index contributed by atoms with van der Waals surface area (Å²) in [5, 5.41) is 0. The van der Waals surface area contributed by atoms with Gasteiger partial charge in [-0.3, -0.25) is 18.5 Å². The molecule has 3 heterocycles. The SMILES string of the molecule is CC(c1ccccc1)n1c(N2CCCCC2)nc2c1c(=O)n(C)c(=O)n2C. The lowest BCUT2D eigenvalue weighted by Gasteiger charge is -2.30. The zero-order chi connectivity index (χ0) is 19.1. The van der Waals surface area contributed by atoms with Crippen molar-refractivity contribution in [2.45, 2.75) is 32.2 Å². The van der Waals surface area contributed by atoms with Crippen molar-refractivity contribution in [2.24, 2.45) is 14.1 Å². The third kappa shape index (κ3) is 2.78. The van der Waals surface area contributed by atoms with Crippen LogP contribution in [0.2, 0.25) is 0 Å². The van der Waals surface area contributed by atoms with Crippen LogP contribution in [0.5, 0.6) is 0 Å². The van der Waals surface area contributed by atoms with Gasteiger partial charge in [0.15, 0.2) is 11.2 Å². The second-order valence-electron chi connectivity index (χ2n) is 7.29. The van der Waals surface area contributed by atoms with E-state index in [-0.39, 0.29) is 17.3 Å².